The van der Waals surface area contributed by atoms with Gasteiger partial charge in [-0.15, -0.1) is 0 Å². The number of amides is 2. The van der Waals surface area contributed by atoms with E-state index in [4.69, 9.17) is 4.74 Å². The minimum atomic E-state index is -0.881. The Hall–Kier alpha value is -2.37. The van der Waals surface area contributed by atoms with Crippen LogP contribution in [-0.4, -0.2) is 18.6 Å². The number of ether oxygens (including phenoxy) is 1. The molecule has 1 saturated heterocycles. The first kappa shape index (κ1) is 16.0. The van der Waals surface area contributed by atoms with E-state index in [-0.39, 0.29) is 23.8 Å². The van der Waals surface area contributed by atoms with Crippen LogP contribution < -0.4 is 10.6 Å². The van der Waals surface area contributed by atoms with Gasteiger partial charge in [0.1, 0.15) is 11.7 Å². The highest BCUT2D eigenvalue weighted by atomic mass is 19.1. The van der Waals surface area contributed by atoms with Crippen LogP contribution in [0.25, 0.3) is 0 Å². The molecule has 1 heterocycles. The van der Waals surface area contributed by atoms with Crippen LogP contribution in [0.2, 0.25) is 0 Å². The summed E-state index contributed by atoms with van der Waals surface area (Å²) in [5.74, 6) is -1.74. The maximum Gasteiger partial charge on any atom is 0.319 e. The summed E-state index contributed by atoms with van der Waals surface area (Å²) in [5, 5.41) is 5.02. The van der Waals surface area contributed by atoms with Crippen molar-refractivity contribution in [2.24, 2.45) is 11.8 Å². The number of carbonyl (C=O) groups is 2. The van der Waals surface area contributed by atoms with Gasteiger partial charge in [-0.25, -0.2) is 9.18 Å². The fourth-order valence-electron chi connectivity index (χ4n) is 2.29. The number of esters is 1. The molecular formula is C16H19FN2O3. The average Bonchev–Trinajstić information content (AvgIpc) is 2.44. The van der Waals surface area contributed by atoms with Gasteiger partial charge in [0.15, 0.2) is 0 Å². The first-order chi connectivity index (χ1) is 10.4. The monoisotopic (exact) mass is 306 g/mol. The van der Waals surface area contributed by atoms with Crippen molar-refractivity contribution in [1.82, 2.24) is 10.6 Å². The van der Waals surface area contributed by atoms with Crippen molar-refractivity contribution in [3.8, 4) is 0 Å². The molecule has 0 radical (unpaired) electrons. The van der Waals surface area contributed by atoms with Crippen molar-refractivity contribution in [2.75, 3.05) is 6.61 Å². The van der Waals surface area contributed by atoms with Crippen LogP contribution in [0.1, 0.15) is 25.5 Å². The van der Waals surface area contributed by atoms with Crippen LogP contribution in [0.4, 0.5) is 9.18 Å². The van der Waals surface area contributed by atoms with Crippen LogP contribution in [-0.2, 0) is 9.53 Å². The Kier molecular flexibility index (Phi) is 4.80. The predicted molar refractivity (Wildman–Crippen MR) is 79.2 cm³/mol. The highest BCUT2D eigenvalue weighted by Gasteiger charge is 2.40. The quantitative estimate of drug-likeness (QED) is 0.840. The molecule has 0 saturated carbocycles. The molecule has 2 amide bonds. The Morgan fingerprint density at radius 1 is 1.41 bits per heavy atom. The molecule has 0 aromatic heterocycles. The third-order valence-corrected chi connectivity index (χ3v) is 3.32. The lowest BCUT2D eigenvalue weighted by molar-refractivity contribution is -0.149. The van der Waals surface area contributed by atoms with E-state index >= 15 is 0 Å². The molecular weight excluding hydrogens is 287 g/mol. The van der Waals surface area contributed by atoms with Gasteiger partial charge >= 0.3 is 12.0 Å². The van der Waals surface area contributed by atoms with E-state index in [1.54, 1.807) is 12.1 Å². The maximum absolute atomic E-state index is 14.0. The second-order valence-electron chi connectivity index (χ2n) is 5.62. The first-order valence-electron chi connectivity index (χ1n) is 7.07. The van der Waals surface area contributed by atoms with Crippen LogP contribution in [0.5, 0.6) is 0 Å². The number of benzene rings is 1. The van der Waals surface area contributed by atoms with Gasteiger partial charge in [-0.2, -0.15) is 0 Å². The lowest BCUT2D eigenvalue weighted by Gasteiger charge is -2.33. The SMILES string of the molecule is C=C1NC(=O)NC(c2ccccc2F)C1C(=O)OCC(C)C. The maximum atomic E-state index is 14.0. The van der Waals surface area contributed by atoms with Gasteiger partial charge in [-0.05, 0) is 12.0 Å². The molecule has 2 N–H and O–H groups in total. The molecule has 2 atom stereocenters. The molecule has 1 aliphatic heterocycles. The fourth-order valence-corrected chi connectivity index (χ4v) is 2.29. The van der Waals surface area contributed by atoms with Crippen molar-refractivity contribution in [1.29, 1.82) is 0 Å². The van der Waals surface area contributed by atoms with Crippen LogP contribution in [0, 0.1) is 17.7 Å². The van der Waals surface area contributed by atoms with Crippen LogP contribution >= 0.6 is 0 Å². The summed E-state index contributed by atoms with van der Waals surface area (Å²) < 4.78 is 19.3. The lowest BCUT2D eigenvalue weighted by Crippen LogP contribution is -2.51. The number of halogens is 1. The summed E-state index contributed by atoms with van der Waals surface area (Å²) in [4.78, 5) is 24.0. The van der Waals surface area contributed by atoms with Gasteiger partial charge in [0.25, 0.3) is 0 Å². The summed E-state index contributed by atoms with van der Waals surface area (Å²) in [7, 11) is 0. The van der Waals surface area contributed by atoms with E-state index in [9.17, 15) is 14.0 Å². The summed E-state index contributed by atoms with van der Waals surface area (Å²) in [6.07, 6.45) is 0. The summed E-state index contributed by atoms with van der Waals surface area (Å²) >= 11 is 0. The van der Waals surface area contributed by atoms with Gasteiger partial charge in [0.05, 0.1) is 12.6 Å². The van der Waals surface area contributed by atoms with Crippen molar-refractivity contribution in [2.45, 2.75) is 19.9 Å². The zero-order chi connectivity index (χ0) is 16.3. The normalized spacial score (nSPS) is 21.3. The van der Waals surface area contributed by atoms with Crippen LogP contribution in [0.15, 0.2) is 36.5 Å². The lowest BCUT2D eigenvalue weighted by atomic mass is 9.89. The molecule has 2 unspecified atom stereocenters. The first-order valence-corrected chi connectivity index (χ1v) is 7.07. The third-order valence-electron chi connectivity index (χ3n) is 3.32. The minimum Gasteiger partial charge on any atom is -0.465 e. The molecule has 1 aromatic rings. The Bertz CT molecular complexity index is 601. The molecule has 0 spiro atoms. The molecule has 0 aliphatic carbocycles. The van der Waals surface area contributed by atoms with E-state index < -0.39 is 29.8 Å². The average molecular weight is 306 g/mol. The molecule has 1 fully saturated rings. The van der Waals surface area contributed by atoms with Crippen molar-refractivity contribution >= 4 is 12.0 Å². The molecule has 6 heteroatoms. The topological polar surface area (TPSA) is 67.4 Å². The standard InChI is InChI=1S/C16H19FN2O3/c1-9(2)8-22-15(20)13-10(3)18-16(21)19-14(13)11-6-4-5-7-12(11)17/h4-7,9,13-14H,3,8H2,1-2H3,(H2,18,19,21). The number of urea groups is 1. The molecule has 0 bridgehead atoms. The van der Waals surface area contributed by atoms with Gasteiger partial charge in [-0.3, -0.25) is 4.79 Å². The largest absolute Gasteiger partial charge is 0.465 e. The van der Waals surface area contributed by atoms with E-state index in [0.29, 0.717) is 0 Å². The van der Waals surface area contributed by atoms with Crippen molar-refractivity contribution < 1.29 is 18.7 Å². The predicted octanol–water partition coefficient (Wildman–Crippen LogP) is 2.51. The molecule has 118 valence electrons. The Morgan fingerprint density at radius 3 is 2.73 bits per heavy atom. The van der Waals surface area contributed by atoms with Gasteiger partial charge in [0.2, 0.25) is 0 Å². The van der Waals surface area contributed by atoms with E-state index in [1.165, 1.54) is 12.1 Å². The van der Waals surface area contributed by atoms with Crippen molar-refractivity contribution in [3.05, 3.63) is 47.9 Å². The molecule has 2 rings (SSSR count). The minimum absolute atomic E-state index is 0.176. The fraction of sp³-hybridized carbons (Fsp3) is 0.375. The number of hydrogen-bond acceptors (Lipinski definition) is 3. The molecule has 1 aliphatic rings. The number of hydrogen-bond donors (Lipinski definition) is 2. The van der Waals surface area contributed by atoms with Gasteiger partial charge in [0, 0.05) is 11.3 Å². The zero-order valence-electron chi connectivity index (χ0n) is 12.6. The summed E-state index contributed by atoms with van der Waals surface area (Å²) in [6, 6.07) is 4.63. The second-order valence-corrected chi connectivity index (χ2v) is 5.62. The van der Waals surface area contributed by atoms with Gasteiger partial charge < -0.3 is 15.4 Å². The smallest absolute Gasteiger partial charge is 0.319 e. The molecule has 1 aromatic carbocycles. The second kappa shape index (κ2) is 6.60. The van der Waals surface area contributed by atoms with E-state index in [0.717, 1.165) is 0 Å². The Balaban J connectivity index is 2.30. The zero-order valence-corrected chi connectivity index (χ0v) is 12.6. The highest BCUT2D eigenvalue weighted by molar-refractivity contribution is 5.85. The number of rotatable bonds is 4. The highest BCUT2D eigenvalue weighted by Crippen LogP contribution is 2.31. The van der Waals surface area contributed by atoms with Gasteiger partial charge in [-0.1, -0.05) is 38.6 Å². The Morgan fingerprint density at radius 2 is 2.09 bits per heavy atom. The number of carbonyl (C=O) groups excluding carboxylic acids is 2. The Labute approximate surface area is 128 Å². The molecule has 22 heavy (non-hydrogen) atoms. The van der Waals surface area contributed by atoms with E-state index in [1.807, 2.05) is 13.8 Å². The third kappa shape index (κ3) is 3.44. The number of nitrogens with one attached hydrogen (secondary N) is 2. The summed E-state index contributed by atoms with van der Waals surface area (Å²) in [5.41, 5.74) is 0.427. The molecule has 5 nitrogen and oxygen atoms in total. The van der Waals surface area contributed by atoms with Crippen LogP contribution in [0.3, 0.4) is 0 Å². The van der Waals surface area contributed by atoms with Crippen molar-refractivity contribution in [3.63, 3.8) is 0 Å². The summed E-state index contributed by atoms with van der Waals surface area (Å²) in [6.45, 7) is 7.78. The van der Waals surface area contributed by atoms with E-state index in [2.05, 4.69) is 17.2 Å².